The molecule has 1 aliphatic rings. The van der Waals surface area contributed by atoms with Gasteiger partial charge in [-0.25, -0.2) is 0 Å². The number of hydrogen-bond donors (Lipinski definition) is 0. The lowest BCUT2D eigenvalue weighted by Crippen LogP contribution is -2.12. The van der Waals surface area contributed by atoms with Crippen LogP contribution in [0, 0.1) is 17.2 Å². The zero-order chi connectivity index (χ0) is 10.8. The Labute approximate surface area is 93.5 Å². The van der Waals surface area contributed by atoms with Crippen LogP contribution in [-0.4, -0.2) is 5.78 Å². The Morgan fingerprint density at radius 1 is 1.53 bits per heavy atom. The van der Waals surface area contributed by atoms with Gasteiger partial charge in [0.25, 0.3) is 0 Å². The smallest absolute Gasteiger partial charge is 0.157 e. The lowest BCUT2D eigenvalue weighted by atomic mass is 9.94. The van der Waals surface area contributed by atoms with Gasteiger partial charge in [0.1, 0.15) is 5.92 Å². The van der Waals surface area contributed by atoms with Crippen molar-refractivity contribution in [2.75, 3.05) is 0 Å². The Balaban J connectivity index is 2.26. The highest BCUT2D eigenvalue weighted by atomic mass is 35.5. The molecule has 2 rings (SSSR count). The highest BCUT2D eigenvalue weighted by Crippen LogP contribution is 2.35. The van der Waals surface area contributed by atoms with Crippen molar-refractivity contribution in [3.63, 3.8) is 0 Å². The molecule has 1 aliphatic carbocycles. The van der Waals surface area contributed by atoms with E-state index in [0.717, 1.165) is 12.8 Å². The fourth-order valence-electron chi connectivity index (χ4n) is 1.59. The highest BCUT2D eigenvalue weighted by Gasteiger charge is 2.35. The first-order valence-electron chi connectivity index (χ1n) is 4.91. The third-order valence-corrected chi connectivity index (χ3v) is 2.81. The number of ketones is 1. The van der Waals surface area contributed by atoms with E-state index < -0.39 is 5.92 Å². The van der Waals surface area contributed by atoms with Gasteiger partial charge >= 0.3 is 0 Å². The summed E-state index contributed by atoms with van der Waals surface area (Å²) in [5.74, 6) is -0.496. The predicted molar refractivity (Wildman–Crippen MR) is 57.5 cm³/mol. The lowest BCUT2D eigenvalue weighted by molar-refractivity contribution is -0.120. The van der Waals surface area contributed by atoms with Crippen LogP contribution >= 0.6 is 11.6 Å². The Hall–Kier alpha value is -1.33. The van der Waals surface area contributed by atoms with Gasteiger partial charge in [-0.2, -0.15) is 5.26 Å². The predicted octanol–water partition coefficient (Wildman–Crippen LogP) is 2.93. The van der Waals surface area contributed by atoms with Crippen LogP contribution < -0.4 is 0 Å². The van der Waals surface area contributed by atoms with Crippen molar-refractivity contribution in [2.24, 2.45) is 5.92 Å². The number of halogens is 1. The average Bonchev–Trinajstić information content (AvgIpc) is 3.02. The molecule has 0 N–H and O–H groups in total. The number of benzene rings is 1. The summed E-state index contributed by atoms with van der Waals surface area (Å²) < 4.78 is 0. The average molecular weight is 220 g/mol. The second-order valence-electron chi connectivity index (χ2n) is 3.79. The Kier molecular flexibility index (Phi) is 2.75. The van der Waals surface area contributed by atoms with E-state index in [1.807, 2.05) is 0 Å². The maximum atomic E-state index is 11.8. The van der Waals surface area contributed by atoms with Gasteiger partial charge < -0.3 is 0 Å². The minimum atomic E-state index is -0.642. The first kappa shape index (κ1) is 10.2. The van der Waals surface area contributed by atoms with Crippen LogP contribution in [0.2, 0.25) is 5.02 Å². The zero-order valence-corrected chi connectivity index (χ0v) is 8.87. The SMILES string of the molecule is N#C[C@@H](C(=O)C1CC1)c1cccc(Cl)c1. The van der Waals surface area contributed by atoms with Crippen LogP contribution in [0.15, 0.2) is 24.3 Å². The van der Waals surface area contributed by atoms with Gasteiger partial charge in [0.2, 0.25) is 0 Å². The number of carbonyl (C=O) groups is 1. The van der Waals surface area contributed by atoms with E-state index in [1.54, 1.807) is 24.3 Å². The Morgan fingerprint density at radius 2 is 2.27 bits per heavy atom. The normalized spacial score (nSPS) is 16.8. The van der Waals surface area contributed by atoms with E-state index >= 15 is 0 Å². The van der Waals surface area contributed by atoms with E-state index in [2.05, 4.69) is 6.07 Å². The summed E-state index contributed by atoms with van der Waals surface area (Å²) >= 11 is 5.83. The van der Waals surface area contributed by atoms with Gasteiger partial charge in [-0.05, 0) is 30.5 Å². The van der Waals surface area contributed by atoms with Crippen LogP contribution in [0.1, 0.15) is 24.3 Å². The molecule has 0 saturated heterocycles. The number of rotatable bonds is 3. The standard InChI is InChI=1S/C12H10ClNO/c13-10-3-1-2-9(6-10)11(7-14)12(15)8-4-5-8/h1-3,6,8,11H,4-5H2/t11-/m1/s1. The van der Waals surface area contributed by atoms with Crippen molar-refractivity contribution >= 4 is 17.4 Å². The van der Waals surface area contributed by atoms with E-state index in [1.165, 1.54) is 0 Å². The molecule has 15 heavy (non-hydrogen) atoms. The van der Waals surface area contributed by atoms with Crippen molar-refractivity contribution in [3.05, 3.63) is 34.9 Å². The molecule has 0 heterocycles. The molecule has 0 unspecified atom stereocenters. The molecule has 0 amide bonds. The first-order chi connectivity index (χ1) is 7.22. The van der Waals surface area contributed by atoms with E-state index in [-0.39, 0.29) is 11.7 Å². The minimum Gasteiger partial charge on any atom is -0.298 e. The largest absolute Gasteiger partial charge is 0.298 e. The van der Waals surface area contributed by atoms with Gasteiger partial charge in [-0.15, -0.1) is 0 Å². The van der Waals surface area contributed by atoms with E-state index in [0.29, 0.717) is 10.6 Å². The molecule has 1 aromatic carbocycles. The van der Waals surface area contributed by atoms with Crippen molar-refractivity contribution in [2.45, 2.75) is 18.8 Å². The molecule has 1 fully saturated rings. The molecule has 2 nitrogen and oxygen atoms in total. The lowest BCUT2D eigenvalue weighted by Gasteiger charge is -2.07. The van der Waals surface area contributed by atoms with E-state index in [9.17, 15) is 4.79 Å². The van der Waals surface area contributed by atoms with Crippen LogP contribution in [0.25, 0.3) is 0 Å². The summed E-state index contributed by atoms with van der Waals surface area (Å²) in [6, 6.07) is 9.03. The fourth-order valence-corrected chi connectivity index (χ4v) is 1.79. The molecule has 0 radical (unpaired) electrons. The second kappa shape index (κ2) is 4.04. The summed E-state index contributed by atoms with van der Waals surface area (Å²) in [4.78, 5) is 11.8. The monoisotopic (exact) mass is 219 g/mol. The molecule has 3 heteroatoms. The molecule has 1 saturated carbocycles. The molecule has 0 aromatic heterocycles. The number of nitriles is 1. The van der Waals surface area contributed by atoms with Crippen molar-refractivity contribution < 1.29 is 4.79 Å². The Bertz CT molecular complexity index is 431. The molecule has 1 atom stereocenters. The highest BCUT2D eigenvalue weighted by molar-refractivity contribution is 6.30. The third-order valence-electron chi connectivity index (χ3n) is 2.58. The Morgan fingerprint density at radius 3 is 2.80 bits per heavy atom. The zero-order valence-electron chi connectivity index (χ0n) is 8.11. The summed E-state index contributed by atoms with van der Waals surface area (Å²) in [6.07, 6.45) is 1.86. The summed E-state index contributed by atoms with van der Waals surface area (Å²) in [7, 11) is 0. The molecule has 1 aromatic rings. The van der Waals surface area contributed by atoms with Crippen LogP contribution in [0.5, 0.6) is 0 Å². The maximum absolute atomic E-state index is 11.8. The second-order valence-corrected chi connectivity index (χ2v) is 4.23. The number of carbonyl (C=O) groups excluding carboxylic acids is 1. The van der Waals surface area contributed by atoms with Gasteiger partial charge in [0.05, 0.1) is 6.07 Å². The fraction of sp³-hybridized carbons (Fsp3) is 0.333. The van der Waals surface area contributed by atoms with Crippen molar-refractivity contribution in [1.82, 2.24) is 0 Å². The molecule has 0 aliphatic heterocycles. The summed E-state index contributed by atoms with van der Waals surface area (Å²) in [5, 5.41) is 9.57. The van der Waals surface area contributed by atoms with Crippen molar-refractivity contribution in [1.29, 1.82) is 5.26 Å². The van der Waals surface area contributed by atoms with Gasteiger partial charge in [-0.3, -0.25) is 4.79 Å². The first-order valence-corrected chi connectivity index (χ1v) is 5.29. The van der Waals surface area contributed by atoms with Gasteiger partial charge in [0.15, 0.2) is 5.78 Å². The quantitative estimate of drug-likeness (QED) is 0.784. The van der Waals surface area contributed by atoms with Gasteiger partial charge in [-0.1, -0.05) is 23.7 Å². The molecule has 0 spiro atoms. The topological polar surface area (TPSA) is 40.9 Å². The molecule has 76 valence electrons. The van der Waals surface area contributed by atoms with E-state index in [4.69, 9.17) is 16.9 Å². The minimum absolute atomic E-state index is 0.0415. The third kappa shape index (κ3) is 2.19. The maximum Gasteiger partial charge on any atom is 0.157 e. The van der Waals surface area contributed by atoms with Crippen LogP contribution in [0.3, 0.4) is 0 Å². The molecule has 0 bridgehead atoms. The summed E-state index contributed by atoms with van der Waals surface area (Å²) in [6.45, 7) is 0. The number of nitrogens with zero attached hydrogens (tertiary/aromatic N) is 1. The van der Waals surface area contributed by atoms with Crippen LogP contribution in [0.4, 0.5) is 0 Å². The van der Waals surface area contributed by atoms with Crippen molar-refractivity contribution in [3.8, 4) is 6.07 Å². The summed E-state index contributed by atoms with van der Waals surface area (Å²) in [5.41, 5.74) is 0.710. The molecular weight excluding hydrogens is 210 g/mol. The van der Waals surface area contributed by atoms with Crippen LogP contribution in [-0.2, 0) is 4.79 Å². The molecular formula is C12H10ClNO. The number of hydrogen-bond acceptors (Lipinski definition) is 2. The van der Waals surface area contributed by atoms with Gasteiger partial charge in [0, 0.05) is 10.9 Å². The number of Topliss-reactive ketones (excluding diaryl/α,β-unsaturated/α-hetero) is 1.